The lowest BCUT2D eigenvalue weighted by Gasteiger charge is -2.24. The first-order valence-electron chi connectivity index (χ1n) is 9.24. The SMILES string of the molecule is N#Cc1ccc(CN(CCC(c2ccccc2)c2ccccc2)C(=O)O)cc1. The topological polar surface area (TPSA) is 64.3 Å². The van der Waals surface area contributed by atoms with E-state index in [4.69, 9.17) is 5.26 Å². The van der Waals surface area contributed by atoms with E-state index in [2.05, 4.69) is 30.3 Å². The summed E-state index contributed by atoms with van der Waals surface area (Å²) in [4.78, 5) is 13.2. The van der Waals surface area contributed by atoms with E-state index in [9.17, 15) is 9.90 Å². The number of hydrogen-bond donors (Lipinski definition) is 1. The zero-order valence-corrected chi connectivity index (χ0v) is 15.5. The van der Waals surface area contributed by atoms with Crippen molar-refractivity contribution in [2.75, 3.05) is 6.54 Å². The molecule has 0 aliphatic rings. The predicted octanol–water partition coefficient (Wildman–Crippen LogP) is 5.26. The summed E-state index contributed by atoms with van der Waals surface area (Å²) in [5.41, 5.74) is 3.80. The van der Waals surface area contributed by atoms with E-state index in [0.29, 0.717) is 25.1 Å². The number of amides is 1. The first-order valence-corrected chi connectivity index (χ1v) is 9.24. The minimum atomic E-state index is -0.941. The number of nitrogens with zero attached hydrogens (tertiary/aromatic N) is 2. The molecular weight excluding hydrogens is 348 g/mol. The van der Waals surface area contributed by atoms with Crippen LogP contribution in [0.3, 0.4) is 0 Å². The molecule has 0 atom stereocenters. The number of benzene rings is 3. The lowest BCUT2D eigenvalue weighted by molar-refractivity contribution is 0.141. The van der Waals surface area contributed by atoms with Gasteiger partial charge in [0.25, 0.3) is 0 Å². The van der Waals surface area contributed by atoms with E-state index in [1.165, 1.54) is 16.0 Å². The van der Waals surface area contributed by atoms with Gasteiger partial charge in [0.1, 0.15) is 0 Å². The summed E-state index contributed by atoms with van der Waals surface area (Å²) in [6, 6.07) is 29.5. The van der Waals surface area contributed by atoms with Gasteiger partial charge in [0.05, 0.1) is 11.6 Å². The summed E-state index contributed by atoms with van der Waals surface area (Å²) < 4.78 is 0. The molecule has 0 fully saturated rings. The van der Waals surface area contributed by atoms with Gasteiger partial charge in [-0.05, 0) is 35.2 Å². The molecule has 3 aromatic carbocycles. The van der Waals surface area contributed by atoms with Crippen LogP contribution in [0.5, 0.6) is 0 Å². The van der Waals surface area contributed by atoms with Crippen LogP contribution in [0.15, 0.2) is 84.9 Å². The lowest BCUT2D eigenvalue weighted by Crippen LogP contribution is -2.31. The number of nitriles is 1. The molecule has 0 aliphatic carbocycles. The standard InChI is InChI=1S/C24H22N2O2/c25-17-19-11-13-20(14-12-19)18-26(24(27)28)16-15-23(21-7-3-1-4-8-21)22-9-5-2-6-10-22/h1-14,23H,15-16,18H2,(H,27,28). The highest BCUT2D eigenvalue weighted by Gasteiger charge is 2.18. The molecule has 1 amide bonds. The van der Waals surface area contributed by atoms with E-state index in [1.54, 1.807) is 24.3 Å². The van der Waals surface area contributed by atoms with Gasteiger partial charge in [-0.2, -0.15) is 5.26 Å². The van der Waals surface area contributed by atoms with Crippen LogP contribution in [-0.4, -0.2) is 22.6 Å². The van der Waals surface area contributed by atoms with Crippen molar-refractivity contribution >= 4 is 6.09 Å². The van der Waals surface area contributed by atoms with Crippen molar-refractivity contribution in [2.45, 2.75) is 18.9 Å². The highest BCUT2D eigenvalue weighted by molar-refractivity contribution is 5.65. The Labute approximate surface area is 165 Å². The largest absolute Gasteiger partial charge is 0.465 e. The van der Waals surface area contributed by atoms with Crippen molar-refractivity contribution in [3.05, 3.63) is 107 Å². The van der Waals surface area contributed by atoms with Crippen LogP contribution in [0.2, 0.25) is 0 Å². The molecule has 140 valence electrons. The second kappa shape index (κ2) is 9.38. The van der Waals surface area contributed by atoms with Crippen LogP contribution < -0.4 is 0 Å². The van der Waals surface area contributed by atoms with Crippen LogP contribution in [0, 0.1) is 11.3 Å². The maximum atomic E-state index is 11.8. The summed E-state index contributed by atoms with van der Waals surface area (Å²) >= 11 is 0. The van der Waals surface area contributed by atoms with E-state index in [1.807, 2.05) is 36.4 Å². The monoisotopic (exact) mass is 370 g/mol. The number of carbonyl (C=O) groups is 1. The maximum absolute atomic E-state index is 11.8. The van der Waals surface area contributed by atoms with Crippen LogP contribution in [0.1, 0.15) is 34.6 Å². The van der Waals surface area contributed by atoms with Gasteiger partial charge in [0.2, 0.25) is 0 Å². The molecule has 28 heavy (non-hydrogen) atoms. The summed E-state index contributed by atoms with van der Waals surface area (Å²) in [7, 11) is 0. The van der Waals surface area contributed by atoms with E-state index >= 15 is 0 Å². The normalized spacial score (nSPS) is 10.4. The minimum absolute atomic E-state index is 0.130. The molecule has 1 N–H and O–H groups in total. The fraction of sp³-hybridized carbons (Fsp3) is 0.167. The fourth-order valence-electron chi connectivity index (χ4n) is 3.33. The summed E-state index contributed by atoms with van der Waals surface area (Å²) in [6.07, 6.45) is -0.249. The summed E-state index contributed by atoms with van der Waals surface area (Å²) in [6.45, 7) is 0.723. The van der Waals surface area contributed by atoms with E-state index in [-0.39, 0.29) is 5.92 Å². The molecule has 0 radical (unpaired) electrons. The highest BCUT2D eigenvalue weighted by atomic mass is 16.4. The Morgan fingerprint density at radius 2 is 1.43 bits per heavy atom. The number of rotatable bonds is 7. The van der Waals surface area contributed by atoms with E-state index in [0.717, 1.165) is 5.56 Å². The maximum Gasteiger partial charge on any atom is 0.407 e. The Kier molecular flexibility index (Phi) is 6.43. The predicted molar refractivity (Wildman–Crippen MR) is 109 cm³/mol. The second-order valence-corrected chi connectivity index (χ2v) is 6.68. The van der Waals surface area contributed by atoms with Crippen molar-refractivity contribution in [1.29, 1.82) is 5.26 Å². The Morgan fingerprint density at radius 1 is 0.893 bits per heavy atom. The summed E-state index contributed by atoms with van der Waals surface area (Å²) in [5, 5.41) is 18.6. The smallest absolute Gasteiger partial charge is 0.407 e. The van der Waals surface area contributed by atoms with Gasteiger partial charge in [0.15, 0.2) is 0 Å². The lowest BCUT2D eigenvalue weighted by atomic mass is 9.88. The molecule has 0 unspecified atom stereocenters. The first kappa shape index (κ1) is 19.2. The minimum Gasteiger partial charge on any atom is -0.465 e. The molecule has 0 aromatic heterocycles. The second-order valence-electron chi connectivity index (χ2n) is 6.68. The van der Waals surface area contributed by atoms with Gasteiger partial charge in [-0.25, -0.2) is 4.79 Å². The third-order valence-electron chi connectivity index (χ3n) is 4.82. The molecule has 3 rings (SSSR count). The van der Waals surface area contributed by atoms with Crippen LogP contribution in [-0.2, 0) is 6.54 Å². The number of carboxylic acid groups (broad SMARTS) is 1. The molecule has 0 aliphatic heterocycles. The van der Waals surface area contributed by atoms with Crippen molar-refractivity contribution in [1.82, 2.24) is 4.90 Å². The quantitative estimate of drug-likeness (QED) is 0.617. The molecule has 4 nitrogen and oxygen atoms in total. The average molecular weight is 370 g/mol. The van der Waals surface area contributed by atoms with Crippen LogP contribution >= 0.6 is 0 Å². The molecule has 0 saturated carbocycles. The van der Waals surface area contributed by atoms with E-state index < -0.39 is 6.09 Å². The molecule has 0 heterocycles. The van der Waals surface area contributed by atoms with Crippen LogP contribution in [0.25, 0.3) is 0 Å². The van der Waals surface area contributed by atoms with Gasteiger partial charge in [0, 0.05) is 19.0 Å². The van der Waals surface area contributed by atoms with Gasteiger partial charge in [-0.3, -0.25) is 0 Å². The third kappa shape index (κ3) is 4.99. The Bertz CT molecular complexity index is 892. The van der Waals surface area contributed by atoms with Gasteiger partial charge in [-0.1, -0.05) is 72.8 Å². The van der Waals surface area contributed by atoms with Crippen molar-refractivity contribution in [2.24, 2.45) is 0 Å². The molecule has 0 saturated heterocycles. The Morgan fingerprint density at radius 3 is 1.89 bits per heavy atom. The molecule has 0 spiro atoms. The zero-order valence-electron chi connectivity index (χ0n) is 15.5. The van der Waals surface area contributed by atoms with Gasteiger partial charge < -0.3 is 10.0 Å². The molecule has 0 bridgehead atoms. The van der Waals surface area contributed by atoms with Crippen LogP contribution in [0.4, 0.5) is 4.79 Å². The Hall–Kier alpha value is -3.58. The van der Waals surface area contributed by atoms with Crippen molar-refractivity contribution in [3.8, 4) is 6.07 Å². The summed E-state index contributed by atoms with van der Waals surface area (Å²) in [5.74, 6) is 0.130. The Balaban J connectivity index is 1.75. The molecule has 4 heteroatoms. The average Bonchev–Trinajstić information content (AvgIpc) is 2.75. The van der Waals surface area contributed by atoms with Crippen molar-refractivity contribution < 1.29 is 9.90 Å². The highest BCUT2D eigenvalue weighted by Crippen LogP contribution is 2.28. The van der Waals surface area contributed by atoms with Gasteiger partial charge >= 0.3 is 6.09 Å². The molecular formula is C24H22N2O2. The number of hydrogen-bond acceptors (Lipinski definition) is 2. The fourth-order valence-corrected chi connectivity index (χ4v) is 3.33. The third-order valence-corrected chi connectivity index (χ3v) is 4.82. The zero-order chi connectivity index (χ0) is 19.8. The molecule has 3 aromatic rings. The van der Waals surface area contributed by atoms with Crippen molar-refractivity contribution in [3.63, 3.8) is 0 Å². The van der Waals surface area contributed by atoms with Gasteiger partial charge in [-0.15, -0.1) is 0 Å². The first-order chi connectivity index (χ1) is 13.7.